The van der Waals surface area contributed by atoms with Crippen LogP contribution in [-0.2, 0) is 4.74 Å². The summed E-state index contributed by atoms with van der Waals surface area (Å²) >= 11 is 0. The molecule has 0 bridgehead atoms. The number of rotatable bonds is 6. The second-order valence-corrected chi connectivity index (χ2v) is 11.2. The molecule has 4 heterocycles. The van der Waals surface area contributed by atoms with Crippen LogP contribution in [0.4, 0.5) is 34.8 Å². The maximum atomic E-state index is 16.5. The zero-order valence-electron chi connectivity index (χ0n) is 24.3. The van der Waals surface area contributed by atoms with Crippen molar-refractivity contribution in [2.75, 3.05) is 55.0 Å². The topological polar surface area (TPSA) is 93.8 Å². The number of piperazine rings is 1. The molecule has 1 aromatic carbocycles. The highest BCUT2D eigenvalue weighted by Gasteiger charge is 2.32. The third kappa shape index (κ3) is 6.23. The predicted molar refractivity (Wildman–Crippen MR) is 156 cm³/mol. The van der Waals surface area contributed by atoms with E-state index in [4.69, 9.17) is 4.74 Å². The third-order valence-electron chi connectivity index (χ3n) is 8.17. The van der Waals surface area contributed by atoms with Crippen LogP contribution in [0.25, 0.3) is 11.1 Å². The smallest absolute Gasteiger partial charge is 0.264 e. The quantitative estimate of drug-likeness (QED) is 0.397. The number of nitrogens with zero attached hydrogens (tertiary/aromatic N) is 4. The van der Waals surface area contributed by atoms with Gasteiger partial charge >= 0.3 is 0 Å². The Hall–Kier alpha value is -3.97. The van der Waals surface area contributed by atoms with Gasteiger partial charge in [0.1, 0.15) is 17.3 Å². The van der Waals surface area contributed by atoms with Gasteiger partial charge in [0, 0.05) is 73.9 Å². The van der Waals surface area contributed by atoms with E-state index in [2.05, 4.69) is 20.2 Å². The highest BCUT2D eigenvalue weighted by Crippen LogP contribution is 2.40. The first-order chi connectivity index (χ1) is 20.4. The fraction of sp³-hybridized carbons (Fsp3) is 0.433. The first-order valence-corrected chi connectivity index (χ1v) is 14.1. The monoisotopic (exact) mass is 602 g/mol. The van der Waals surface area contributed by atoms with Gasteiger partial charge in [0.25, 0.3) is 12.3 Å². The Morgan fingerprint density at radius 3 is 2.44 bits per heavy atom. The molecule has 0 radical (unpaired) electrons. The zero-order chi connectivity index (χ0) is 31.0. The number of pyridine rings is 2. The van der Waals surface area contributed by atoms with Crippen LogP contribution in [0.15, 0.2) is 41.5 Å². The first-order valence-electron chi connectivity index (χ1n) is 14.1. The number of aromatic amines is 1. The molecular weight excluding hydrogens is 568 g/mol. The Labute approximate surface area is 246 Å². The summed E-state index contributed by atoms with van der Waals surface area (Å²) in [5.41, 5.74) is -2.71. The molecule has 3 aromatic rings. The molecule has 13 heteroatoms. The van der Waals surface area contributed by atoms with Gasteiger partial charge in [-0.3, -0.25) is 14.5 Å². The van der Waals surface area contributed by atoms with Crippen LogP contribution in [0.2, 0.25) is 0 Å². The van der Waals surface area contributed by atoms with E-state index < -0.39 is 46.2 Å². The minimum absolute atomic E-state index is 0.0110. The van der Waals surface area contributed by atoms with Gasteiger partial charge in [0.2, 0.25) is 5.56 Å². The van der Waals surface area contributed by atoms with Crippen LogP contribution < -0.4 is 20.7 Å². The Morgan fingerprint density at radius 2 is 1.81 bits per heavy atom. The number of morpholine rings is 1. The Morgan fingerprint density at radius 1 is 1.09 bits per heavy atom. The van der Waals surface area contributed by atoms with Gasteiger partial charge in [-0.15, -0.1) is 0 Å². The van der Waals surface area contributed by atoms with E-state index in [0.29, 0.717) is 44.7 Å². The lowest BCUT2D eigenvalue weighted by Gasteiger charge is -2.44. The predicted octanol–water partition coefficient (Wildman–Crippen LogP) is 4.66. The molecule has 9 nitrogen and oxygen atoms in total. The minimum Gasteiger partial charge on any atom is -0.375 e. The molecule has 0 saturated carbocycles. The van der Waals surface area contributed by atoms with Crippen LogP contribution in [-0.4, -0.2) is 78.8 Å². The molecule has 0 spiro atoms. The number of hydrogen-bond donors (Lipinski definition) is 2. The Kier molecular flexibility index (Phi) is 8.74. The van der Waals surface area contributed by atoms with E-state index in [-0.39, 0.29) is 35.1 Å². The lowest BCUT2D eigenvalue weighted by molar-refractivity contribution is 0.0529. The highest BCUT2D eigenvalue weighted by atomic mass is 19.3. The molecule has 0 unspecified atom stereocenters. The summed E-state index contributed by atoms with van der Waals surface area (Å²) in [5, 5.41) is 2.42. The number of H-pyrrole nitrogens is 1. The van der Waals surface area contributed by atoms with E-state index >= 15 is 8.78 Å². The van der Waals surface area contributed by atoms with Crippen molar-refractivity contribution in [1.82, 2.24) is 14.9 Å². The molecule has 1 amide bonds. The van der Waals surface area contributed by atoms with Crippen molar-refractivity contribution in [3.8, 4) is 11.1 Å². The van der Waals surface area contributed by atoms with E-state index in [9.17, 15) is 18.4 Å². The molecule has 5 rings (SSSR count). The average Bonchev–Trinajstić information content (AvgIpc) is 2.97. The van der Waals surface area contributed by atoms with Crippen molar-refractivity contribution in [3.05, 3.63) is 69.8 Å². The van der Waals surface area contributed by atoms with Crippen molar-refractivity contribution >= 4 is 23.1 Å². The van der Waals surface area contributed by atoms with Gasteiger partial charge in [-0.2, -0.15) is 0 Å². The van der Waals surface area contributed by atoms with Gasteiger partial charge < -0.3 is 24.8 Å². The van der Waals surface area contributed by atoms with E-state index in [0.717, 1.165) is 12.3 Å². The number of halogens is 4. The number of carbonyl (C=O) groups is 1. The van der Waals surface area contributed by atoms with Crippen LogP contribution in [0, 0.1) is 11.6 Å². The summed E-state index contributed by atoms with van der Waals surface area (Å²) in [6.45, 7) is 8.46. The van der Waals surface area contributed by atoms with Gasteiger partial charge in [0.15, 0.2) is 5.82 Å². The second kappa shape index (κ2) is 12.3. The summed E-state index contributed by atoms with van der Waals surface area (Å²) in [7, 11) is 1.95. The number of carbonyl (C=O) groups excluding carboxylic acids is 1. The summed E-state index contributed by atoms with van der Waals surface area (Å²) in [5.74, 6) is -2.38. The summed E-state index contributed by atoms with van der Waals surface area (Å²) in [4.78, 5) is 37.5. The minimum atomic E-state index is -3.13. The van der Waals surface area contributed by atoms with Crippen LogP contribution >= 0.6 is 0 Å². The number of anilines is 3. The lowest BCUT2D eigenvalue weighted by Crippen LogP contribution is -2.55. The van der Waals surface area contributed by atoms with Crippen molar-refractivity contribution in [2.24, 2.45) is 0 Å². The van der Waals surface area contributed by atoms with Crippen molar-refractivity contribution in [3.63, 3.8) is 0 Å². The number of ether oxygens (including phenoxy) is 1. The molecule has 2 fully saturated rings. The van der Waals surface area contributed by atoms with Gasteiger partial charge in [0.05, 0.1) is 29.5 Å². The van der Waals surface area contributed by atoms with Gasteiger partial charge in [-0.05, 0) is 40.0 Å². The second-order valence-electron chi connectivity index (χ2n) is 11.2. The Balaban J connectivity index is 1.57. The lowest BCUT2D eigenvalue weighted by atomic mass is 10.0. The van der Waals surface area contributed by atoms with Crippen LogP contribution in [0.3, 0.4) is 0 Å². The first kappa shape index (κ1) is 30.5. The maximum absolute atomic E-state index is 16.5. The number of benzene rings is 1. The molecule has 230 valence electrons. The van der Waals surface area contributed by atoms with Gasteiger partial charge in [-0.1, -0.05) is 0 Å². The SMILES string of the molecule is C[C@@H]1CN(c2ccc(-c3c(F)cc(N4C[C@@H](C)N(C)[C@@H](C)C4)c(NC(=O)c4c[nH]c(=O)cc4C(F)F)c3F)cn2)CCO1. The Bertz CT molecular complexity index is 1540. The number of likely N-dealkylation sites (N-methyl/N-ethyl adjacent to an activating group) is 1. The molecule has 3 atom stereocenters. The van der Waals surface area contributed by atoms with Gasteiger partial charge in [-0.25, -0.2) is 22.5 Å². The molecule has 0 aliphatic carbocycles. The fourth-order valence-corrected chi connectivity index (χ4v) is 5.63. The zero-order valence-corrected chi connectivity index (χ0v) is 24.3. The van der Waals surface area contributed by atoms with E-state index in [1.54, 1.807) is 17.0 Å². The fourth-order valence-electron chi connectivity index (χ4n) is 5.63. The molecule has 2 saturated heterocycles. The molecule has 2 aromatic heterocycles. The number of alkyl halides is 2. The molecule has 2 aliphatic heterocycles. The van der Waals surface area contributed by atoms with E-state index in [1.165, 1.54) is 6.20 Å². The molecular formula is C30H34F4N6O3. The summed E-state index contributed by atoms with van der Waals surface area (Å²) < 4.78 is 65.3. The van der Waals surface area contributed by atoms with Crippen molar-refractivity contribution < 1.29 is 27.1 Å². The van der Waals surface area contributed by atoms with Crippen molar-refractivity contribution in [2.45, 2.75) is 45.4 Å². The van der Waals surface area contributed by atoms with E-state index in [1.807, 2.05) is 32.7 Å². The van der Waals surface area contributed by atoms with Crippen molar-refractivity contribution in [1.29, 1.82) is 0 Å². The van der Waals surface area contributed by atoms with Crippen LogP contribution in [0.5, 0.6) is 0 Å². The largest absolute Gasteiger partial charge is 0.375 e. The number of nitrogens with one attached hydrogen (secondary N) is 2. The maximum Gasteiger partial charge on any atom is 0.264 e. The number of amides is 1. The number of hydrogen-bond acceptors (Lipinski definition) is 7. The normalized spacial score (nSPS) is 21.4. The highest BCUT2D eigenvalue weighted by molar-refractivity contribution is 6.07. The molecule has 43 heavy (non-hydrogen) atoms. The average molecular weight is 603 g/mol. The summed E-state index contributed by atoms with van der Waals surface area (Å²) in [6, 6.07) is 5.02. The standard InChI is InChI=1S/C30H34F4N6O3/c1-16-13-40(14-17(2)38(16)4)23-10-22(31)26(19-5-6-24(35-11-19)39-7-8-43-18(3)15-39)27(32)28(23)37-30(42)21-12-36-25(41)9-20(21)29(33)34/h5-6,9-12,16-18,29H,7-8,13-15H2,1-4H3,(H,36,41)(H,37,42)/t16-,17+,18-/m1/s1. The number of aromatic nitrogens is 2. The van der Waals surface area contributed by atoms with Crippen LogP contribution in [0.1, 0.15) is 43.1 Å². The molecule has 2 N–H and O–H groups in total. The third-order valence-corrected chi connectivity index (χ3v) is 8.17. The molecule has 2 aliphatic rings. The summed E-state index contributed by atoms with van der Waals surface area (Å²) in [6.07, 6.45) is -0.901.